The largest absolute Gasteiger partial charge is 0.472 e. The zero-order valence-corrected chi connectivity index (χ0v) is 15.1. The highest BCUT2D eigenvalue weighted by molar-refractivity contribution is 5.55. The molecule has 0 bridgehead atoms. The topological polar surface area (TPSA) is 78.5 Å². The van der Waals surface area contributed by atoms with Crippen molar-refractivity contribution in [1.29, 1.82) is 0 Å². The van der Waals surface area contributed by atoms with Crippen LogP contribution >= 0.6 is 0 Å². The lowest BCUT2D eigenvalue weighted by Crippen LogP contribution is -2.53. The van der Waals surface area contributed by atoms with Crippen molar-refractivity contribution in [1.82, 2.24) is 19.9 Å². The van der Waals surface area contributed by atoms with E-state index in [2.05, 4.69) is 19.8 Å². The van der Waals surface area contributed by atoms with Crippen molar-refractivity contribution in [3.8, 4) is 11.4 Å². The second-order valence-corrected chi connectivity index (χ2v) is 6.67. The number of hydrogen-bond acceptors (Lipinski definition) is 7. The first-order valence-electron chi connectivity index (χ1n) is 9.19. The lowest BCUT2D eigenvalue weighted by atomic mass is 10.1. The number of hydrogen-bond donors (Lipinski definition) is 1. The van der Waals surface area contributed by atoms with E-state index in [9.17, 15) is 5.11 Å². The van der Waals surface area contributed by atoms with Gasteiger partial charge < -0.3 is 14.4 Å². The SMILES string of the molecule is OCC[C@H]1CN(c2nccc(-c3ccccn3)n2)CCN1Cc1ccoc1. The summed E-state index contributed by atoms with van der Waals surface area (Å²) in [4.78, 5) is 18.1. The van der Waals surface area contributed by atoms with Gasteiger partial charge in [0.25, 0.3) is 0 Å². The molecule has 0 radical (unpaired) electrons. The number of aliphatic hydroxyl groups excluding tert-OH is 1. The molecule has 1 saturated heterocycles. The van der Waals surface area contributed by atoms with Crippen LogP contribution < -0.4 is 4.90 Å². The van der Waals surface area contributed by atoms with Gasteiger partial charge in [-0.15, -0.1) is 0 Å². The van der Waals surface area contributed by atoms with Crippen LogP contribution in [0.1, 0.15) is 12.0 Å². The van der Waals surface area contributed by atoms with Gasteiger partial charge in [0.2, 0.25) is 5.95 Å². The lowest BCUT2D eigenvalue weighted by Gasteiger charge is -2.41. The predicted molar refractivity (Wildman–Crippen MR) is 102 cm³/mol. The minimum Gasteiger partial charge on any atom is -0.472 e. The standard InChI is InChI=1S/C20H23N5O2/c26-11-5-17-14-25(10-9-24(17)13-16-6-12-27-15-16)20-22-8-4-19(23-20)18-3-1-2-7-21-18/h1-4,6-8,12,15,17,26H,5,9-11,13-14H2/t17-/m0/s1. The van der Waals surface area contributed by atoms with Gasteiger partial charge in [-0.05, 0) is 30.7 Å². The molecule has 7 heteroatoms. The van der Waals surface area contributed by atoms with E-state index < -0.39 is 0 Å². The summed E-state index contributed by atoms with van der Waals surface area (Å²) in [6.45, 7) is 3.49. The number of anilines is 1. The van der Waals surface area contributed by atoms with Gasteiger partial charge in [-0.3, -0.25) is 9.88 Å². The number of piperazine rings is 1. The van der Waals surface area contributed by atoms with Crippen molar-refractivity contribution in [3.63, 3.8) is 0 Å². The number of furan rings is 1. The van der Waals surface area contributed by atoms with Crippen molar-refractivity contribution >= 4 is 5.95 Å². The Morgan fingerprint density at radius 1 is 1.07 bits per heavy atom. The van der Waals surface area contributed by atoms with Gasteiger partial charge >= 0.3 is 0 Å². The Bertz CT molecular complexity index is 841. The van der Waals surface area contributed by atoms with E-state index in [4.69, 9.17) is 9.40 Å². The average molecular weight is 365 g/mol. The minimum atomic E-state index is 0.162. The zero-order valence-electron chi connectivity index (χ0n) is 15.1. The summed E-state index contributed by atoms with van der Waals surface area (Å²) < 4.78 is 5.18. The van der Waals surface area contributed by atoms with Crippen LogP contribution in [0.4, 0.5) is 5.95 Å². The summed E-state index contributed by atoms with van der Waals surface area (Å²) in [5.74, 6) is 0.712. The van der Waals surface area contributed by atoms with E-state index in [1.807, 2.05) is 30.3 Å². The first kappa shape index (κ1) is 17.6. The van der Waals surface area contributed by atoms with Gasteiger partial charge in [0, 0.05) is 56.8 Å². The summed E-state index contributed by atoms with van der Waals surface area (Å²) >= 11 is 0. The summed E-state index contributed by atoms with van der Waals surface area (Å²) in [6.07, 6.45) is 7.74. The predicted octanol–water partition coefficient (Wildman–Crippen LogP) is 2.20. The Morgan fingerprint density at radius 2 is 2.04 bits per heavy atom. The first-order chi connectivity index (χ1) is 13.3. The fraction of sp³-hybridized carbons (Fsp3) is 0.350. The van der Waals surface area contributed by atoms with Crippen LogP contribution in [0, 0.1) is 0 Å². The van der Waals surface area contributed by atoms with E-state index in [0.717, 1.165) is 43.1 Å². The van der Waals surface area contributed by atoms with E-state index in [-0.39, 0.29) is 12.6 Å². The third-order valence-corrected chi connectivity index (χ3v) is 4.89. The van der Waals surface area contributed by atoms with Crippen LogP contribution in [-0.4, -0.2) is 57.2 Å². The second-order valence-electron chi connectivity index (χ2n) is 6.67. The van der Waals surface area contributed by atoms with Crippen LogP contribution in [0.15, 0.2) is 59.7 Å². The number of nitrogens with zero attached hydrogens (tertiary/aromatic N) is 5. The molecule has 4 rings (SSSR count). The molecule has 0 aliphatic carbocycles. The molecular formula is C20H23N5O2. The molecule has 1 aliphatic rings. The quantitative estimate of drug-likeness (QED) is 0.717. The average Bonchev–Trinajstić information content (AvgIpc) is 3.23. The summed E-state index contributed by atoms with van der Waals surface area (Å²) in [7, 11) is 0. The minimum absolute atomic E-state index is 0.162. The van der Waals surface area contributed by atoms with Crippen LogP contribution in [0.2, 0.25) is 0 Å². The van der Waals surface area contributed by atoms with Gasteiger partial charge in [0.1, 0.15) is 0 Å². The van der Waals surface area contributed by atoms with Gasteiger partial charge in [-0.2, -0.15) is 0 Å². The zero-order chi connectivity index (χ0) is 18.5. The fourth-order valence-electron chi connectivity index (χ4n) is 3.48. The Hall–Kier alpha value is -2.77. The maximum Gasteiger partial charge on any atom is 0.226 e. The fourth-order valence-corrected chi connectivity index (χ4v) is 3.48. The normalized spacial score (nSPS) is 18.0. The molecule has 1 atom stereocenters. The Balaban J connectivity index is 1.50. The number of pyridine rings is 1. The molecule has 3 aromatic heterocycles. The van der Waals surface area contributed by atoms with E-state index in [1.165, 1.54) is 0 Å². The van der Waals surface area contributed by atoms with Crippen molar-refractivity contribution in [2.45, 2.75) is 19.0 Å². The molecule has 3 aromatic rings. The molecule has 4 heterocycles. The smallest absolute Gasteiger partial charge is 0.226 e. The highest BCUT2D eigenvalue weighted by Gasteiger charge is 2.28. The van der Waals surface area contributed by atoms with E-state index in [1.54, 1.807) is 24.9 Å². The van der Waals surface area contributed by atoms with Crippen molar-refractivity contribution < 1.29 is 9.52 Å². The molecule has 140 valence electrons. The maximum absolute atomic E-state index is 9.51. The molecule has 0 aromatic carbocycles. The van der Waals surface area contributed by atoms with Crippen LogP contribution in [0.25, 0.3) is 11.4 Å². The molecule has 0 amide bonds. The Morgan fingerprint density at radius 3 is 2.81 bits per heavy atom. The van der Waals surface area contributed by atoms with E-state index in [0.29, 0.717) is 12.4 Å². The summed E-state index contributed by atoms with van der Waals surface area (Å²) in [6, 6.07) is 9.90. The monoisotopic (exact) mass is 365 g/mol. The van der Waals surface area contributed by atoms with Gasteiger partial charge in [0.15, 0.2) is 0 Å². The highest BCUT2D eigenvalue weighted by Crippen LogP contribution is 2.22. The molecule has 1 fully saturated rings. The number of aliphatic hydroxyl groups is 1. The van der Waals surface area contributed by atoms with Crippen LogP contribution in [-0.2, 0) is 6.54 Å². The van der Waals surface area contributed by atoms with Gasteiger partial charge in [0.05, 0.1) is 23.9 Å². The molecule has 0 unspecified atom stereocenters. The Kier molecular flexibility index (Phi) is 5.41. The van der Waals surface area contributed by atoms with Crippen molar-refractivity contribution in [3.05, 3.63) is 60.8 Å². The third-order valence-electron chi connectivity index (χ3n) is 4.89. The van der Waals surface area contributed by atoms with Crippen LogP contribution in [0.3, 0.4) is 0 Å². The lowest BCUT2D eigenvalue weighted by molar-refractivity contribution is 0.134. The van der Waals surface area contributed by atoms with Gasteiger partial charge in [-0.1, -0.05) is 6.07 Å². The summed E-state index contributed by atoms with van der Waals surface area (Å²) in [5.41, 5.74) is 2.81. The molecule has 1 N–H and O–H groups in total. The maximum atomic E-state index is 9.51. The molecule has 0 saturated carbocycles. The molecule has 1 aliphatic heterocycles. The molecule has 27 heavy (non-hydrogen) atoms. The second kappa shape index (κ2) is 8.28. The van der Waals surface area contributed by atoms with Crippen molar-refractivity contribution in [2.24, 2.45) is 0 Å². The van der Waals surface area contributed by atoms with Gasteiger partial charge in [-0.25, -0.2) is 9.97 Å². The first-order valence-corrected chi connectivity index (χ1v) is 9.19. The molecular weight excluding hydrogens is 342 g/mol. The number of aromatic nitrogens is 3. The van der Waals surface area contributed by atoms with E-state index >= 15 is 0 Å². The highest BCUT2D eigenvalue weighted by atomic mass is 16.3. The summed E-state index contributed by atoms with van der Waals surface area (Å²) in [5, 5.41) is 9.51. The van der Waals surface area contributed by atoms with Crippen molar-refractivity contribution in [2.75, 3.05) is 31.1 Å². The third kappa shape index (κ3) is 4.15. The molecule has 7 nitrogen and oxygen atoms in total. The Labute approximate surface area is 158 Å². The molecule has 0 spiro atoms. The number of rotatable bonds is 6. The van der Waals surface area contributed by atoms with Crippen LogP contribution in [0.5, 0.6) is 0 Å².